The molecule has 0 radical (unpaired) electrons. The summed E-state index contributed by atoms with van der Waals surface area (Å²) in [6.45, 7) is 0.480. The number of rotatable bonds is 3. The fourth-order valence-corrected chi connectivity index (χ4v) is 2.93. The molecule has 0 aromatic heterocycles. The standard InChI is InChI=1S/C14H9Br2FN2O/c15-11-3-8(4-12(16)14(11)20)7-19-10-1-2-13(17)9(5-10)6-18/h1-5,19-20H,7H2. The maximum absolute atomic E-state index is 13.2. The quantitative estimate of drug-likeness (QED) is 0.796. The highest BCUT2D eigenvalue weighted by atomic mass is 79.9. The van der Waals surface area contributed by atoms with Crippen LogP contribution in [0.1, 0.15) is 11.1 Å². The number of nitrogens with zero attached hydrogens (tertiary/aromatic N) is 1. The SMILES string of the molecule is N#Cc1cc(NCc2cc(Br)c(O)c(Br)c2)ccc1F. The van der Waals surface area contributed by atoms with E-state index in [9.17, 15) is 9.50 Å². The number of hydrogen-bond acceptors (Lipinski definition) is 3. The number of anilines is 1. The molecule has 2 N–H and O–H groups in total. The van der Waals surface area contributed by atoms with Crippen molar-refractivity contribution in [3.05, 3.63) is 56.2 Å². The molecule has 0 fully saturated rings. The number of nitriles is 1. The van der Waals surface area contributed by atoms with Gasteiger partial charge in [0.2, 0.25) is 0 Å². The van der Waals surface area contributed by atoms with Crippen molar-refractivity contribution >= 4 is 37.5 Å². The van der Waals surface area contributed by atoms with Crippen molar-refractivity contribution in [2.75, 3.05) is 5.32 Å². The third-order valence-corrected chi connectivity index (χ3v) is 3.87. The maximum atomic E-state index is 13.2. The van der Waals surface area contributed by atoms with Gasteiger partial charge in [-0.1, -0.05) is 0 Å². The Balaban J connectivity index is 2.15. The normalized spacial score (nSPS) is 10.1. The van der Waals surface area contributed by atoms with Gasteiger partial charge in [-0.3, -0.25) is 0 Å². The molecule has 0 aliphatic rings. The average molecular weight is 400 g/mol. The van der Waals surface area contributed by atoms with Crippen LogP contribution < -0.4 is 5.32 Å². The molecule has 2 rings (SSSR count). The fourth-order valence-electron chi connectivity index (χ4n) is 1.65. The Morgan fingerprint density at radius 1 is 1.20 bits per heavy atom. The minimum Gasteiger partial charge on any atom is -0.506 e. The number of aromatic hydroxyl groups is 1. The van der Waals surface area contributed by atoms with E-state index >= 15 is 0 Å². The highest BCUT2D eigenvalue weighted by Gasteiger charge is 2.07. The van der Waals surface area contributed by atoms with Crippen LogP contribution in [-0.4, -0.2) is 5.11 Å². The van der Waals surface area contributed by atoms with Crippen LogP contribution in [0.2, 0.25) is 0 Å². The van der Waals surface area contributed by atoms with Gasteiger partial charge in [-0.05, 0) is 67.8 Å². The molecular weight excluding hydrogens is 391 g/mol. The van der Waals surface area contributed by atoms with E-state index in [1.54, 1.807) is 24.3 Å². The second-order valence-electron chi connectivity index (χ2n) is 4.07. The Bertz CT molecular complexity index is 675. The summed E-state index contributed by atoms with van der Waals surface area (Å²) in [5.74, 6) is -0.393. The molecular formula is C14H9Br2FN2O. The van der Waals surface area contributed by atoms with Crippen molar-refractivity contribution in [2.45, 2.75) is 6.54 Å². The lowest BCUT2D eigenvalue weighted by molar-refractivity contribution is 0.468. The molecule has 0 atom stereocenters. The van der Waals surface area contributed by atoms with Crippen LogP contribution in [0, 0.1) is 17.1 Å². The Morgan fingerprint density at radius 3 is 2.45 bits per heavy atom. The highest BCUT2D eigenvalue weighted by molar-refractivity contribution is 9.11. The van der Waals surface area contributed by atoms with E-state index in [2.05, 4.69) is 37.2 Å². The van der Waals surface area contributed by atoms with Gasteiger partial charge in [0.1, 0.15) is 17.6 Å². The zero-order valence-corrected chi connectivity index (χ0v) is 13.3. The van der Waals surface area contributed by atoms with Crippen molar-refractivity contribution in [1.82, 2.24) is 0 Å². The van der Waals surface area contributed by atoms with Gasteiger partial charge in [0.25, 0.3) is 0 Å². The first-order valence-electron chi connectivity index (χ1n) is 5.61. The number of benzene rings is 2. The molecule has 0 spiro atoms. The largest absolute Gasteiger partial charge is 0.506 e. The summed E-state index contributed by atoms with van der Waals surface area (Å²) in [5.41, 5.74) is 1.58. The topological polar surface area (TPSA) is 56.0 Å². The van der Waals surface area contributed by atoms with E-state index in [0.29, 0.717) is 21.2 Å². The van der Waals surface area contributed by atoms with Crippen LogP contribution in [0.3, 0.4) is 0 Å². The van der Waals surface area contributed by atoms with E-state index in [1.165, 1.54) is 12.1 Å². The van der Waals surface area contributed by atoms with Crippen molar-refractivity contribution in [3.8, 4) is 11.8 Å². The van der Waals surface area contributed by atoms with Gasteiger partial charge in [0.05, 0.1) is 14.5 Å². The maximum Gasteiger partial charge on any atom is 0.143 e. The molecule has 0 unspecified atom stereocenters. The minimum atomic E-state index is -0.534. The number of halogens is 3. The van der Waals surface area contributed by atoms with Crippen LogP contribution in [0.4, 0.5) is 10.1 Å². The first kappa shape index (κ1) is 14.8. The van der Waals surface area contributed by atoms with Gasteiger partial charge < -0.3 is 10.4 Å². The van der Waals surface area contributed by atoms with E-state index < -0.39 is 5.82 Å². The van der Waals surface area contributed by atoms with Gasteiger partial charge in [0.15, 0.2) is 0 Å². The lowest BCUT2D eigenvalue weighted by Crippen LogP contribution is -2.00. The summed E-state index contributed by atoms with van der Waals surface area (Å²) >= 11 is 6.51. The third kappa shape index (κ3) is 3.30. The molecule has 0 amide bonds. The van der Waals surface area contributed by atoms with Crippen LogP contribution in [0.15, 0.2) is 39.3 Å². The number of nitrogens with one attached hydrogen (secondary N) is 1. The van der Waals surface area contributed by atoms with Crippen molar-refractivity contribution < 1.29 is 9.50 Å². The van der Waals surface area contributed by atoms with E-state index in [0.717, 1.165) is 5.56 Å². The lowest BCUT2D eigenvalue weighted by atomic mass is 10.2. The van der Waals surface area contributed by atoms with E-state index in [1.807, 2.05) is 0 Å². The van der Waals surface area contributed by atoms with Crippen molar-refractivity contribution in [2.24, 2.45) is 0 Å². The molecule has 0 saturated heterocycles. The Kier molecular flexibility index (Phi) is 4.63. The summed E-state index contributed by atoms with van der Waals surface area (Å²) < 4.78 is 14.4. The number of phenolic OH excluding ortho intramolecular Hbond substituents is 1. The Hall–Kier alpha value is -1.58. The molecule has 6 heteroatoms. The van der Waals surface area contributed by atoms with Gasteiger partial charge in [-0.25, -0.2) is 4.39 Å². The Labute approximate surface area is 132 Å². The lowest BCUT2D eigenvalue weighted by Gasteiger charge is -2.09. The Morgan fingerprint density at radius 2 is 1.85 bits per heavy atom. The zero-order chi connectivity index (χ0) is 14.7. The summed E-state index contributed by atoms with van der Waals surface area (Å²) in [7, 11) is 0. The predicted octanol–water partition coefficient (Wildman–Crippen LogP) is 4.54. The predicted molar refractivity (Wildman–Crippen MR) is 81.9 cm³/mol. The molecule has 2 aromatic rings. The van der Waals surface area contributed by atoms with Gasteiger partial charge in [0, 0.05) is 12.2 Å². The number of phenols is 1. The third-order valence-electron chi connectivity index (χ3n) is 2.66. The molecule has 2 aromatic carbocycles. The van der Waals surface area contributed by atoms with E-state index in [4.69, 9.17) is 5.26 Å². The van der Waals surface area contributed by atoms with Crippen LogP contribution in [0.25, 0.3) is 0 Å². The molecule has 0 bridgehead atoms. The van der Waals surface area contributed by atoms with Crippen LogP contribution in [-0.2, 0) is 6.54 Å². The molecule has 0 heterocycles. The highest BCUT2D eigenvalue weighted by Crippen LogP contribution is 2.33. The first-order valence-corrected chi connectivity index (χ1v) is 7.20. The van der Waals surface area contributed by atoms with Crippen molar-refractivity contribution in [1.29, 1.82) is 5.26 Å². The smallest absolute Gasteiger partial charge is 0.143 e. The first-order chi connectivity index (χ1) is 9.51. The molecule has 0 aliphatic heterocycles. The molecule has 0 aliphatic carbocycles. The fraction of sp³-hybridized carbons (Fsp3) is 0.0714. The summed E-state index contributed by atoms with van der Waals surface area (Å²) in [5, 5.41) is 21.5. The second kappa shape index (κ2) is 6.25. The van der Waals surface area contributed by atoms with Crippen molar-refractivity contribution in [3.63, 3.8) is 0 Å². The number of hydrogen-bond donors (Lipinski definition) is 2. The van der Waals surface area contributed by atoms with Crippen LogP contribution >= 0.6 is 31.9 Å². The average Bonchev–Trinajstić information content (AvgIpc) is 2.43. The molecule has 102 valence electrons. The van der Waals surface area contributed by atoms with Gasteiger partial charge in [-0.15, -0.1) is 0 Å². The molecule has 0 saturated carbocycles. The van der Waals surface area contributed by atoms with E-state index in [-0.39, 0.29) is 11.3 Å². The van der Waals surface area contributed by atoms with Gasteiger partial charge >= 0.3 is 0 Å². The minimum absolute atomic E-state index is 0.00284. The molecule has 3 nitrogen and oxygen atoms in total. The van der Waals surface area contributed by atoms with Gasteiger partial charge in [-0.2, -0.15) is 5.26 Å². The zero-order valence-electron chi connectivity index (χ0n) is 10.1. The summed E-state index contributed by atoms with van der Waals surface area (Å²) in [6.07, 6.45) is 0. The monoisotopic (exact) mass is 398 g/mol. The molecule has 20 heavy (non-hydrogen) atoms. The van der Waals surface area contributed by atoms with Crippen LogP contribution in [0.5, 0.6) is 5.75 Å². The summed E-state index contributed by atoms with van der Waals surface area (Å²) in [4.78, 5) is 0. The second-order valence-corrected chi connectivity index (χ2v) is 5.78. The summed E-state index contributed by atoms with van der Waals surface area (Å²) in [6, 6.07) is 9.64.